The second-order valence-electron chi connectivity index (χ2n) is 3.58. The maximum Gasteiger partial charge on any atom is 0.0282 e. The molecule has 1 N–H and O–H groups in total. The van der Waals surface area contributed by atoms with E-state index in [1.807, 2.05) is 11.8 Å². The Bertz CT molecular complexity index is 121. The van der Waals surface area contributed by atoms with Crippen molar-refractivity contribution in [2.75, 3.05) is 12.8 Å². The van der Waals surface area contributed by atoms with Crippen LogP contribution in [-0.2, 0) is 0 Å². The number of rotatable bonds is 5. The standard InChI is InChI=1S/C9H19NS/c1-4-8(2)10-7-9(11-3)5-6-9/h8,10H,4-7H2,1-3H3. The zero-order chi connectivity index (χ0) is 8.32. The molecule has 1 rings (SSSR count). The summed E-state index contributed by atoms with van der Waals surface area (Å²) >= 11 is 2.03. The molecular weight excluding hydrogens is 154 g/mol. The van der Waals surface area contributed by atoms with Crippen LogP contribution in [0.5, 0.6) is 0 Å². The van der Waals surface area contributed by atoms with Crippen molar-refractivity contribution in [1.29, 1.82) is 0 Å². The van der Waals surface area contributed by atoms with Crippen LogP contribution in [0.25, 0.3) is 0 Å². The smallest absolute Gasteiger partial charge is 0.0282 e. The second kappa shape index (κ2) is 3.81. The Labute approximate surface area is 74.3 Å². The molecule has 0 amide bonds. The van der Waals surface area contributed by atoms with Gasteiger partial charge in [0.15, 0.2) is 0 Å². The topological polar surface area (TPSA) is 12.0 Å². The summed E-state index contributed by atoms with van der Waals surface area (Å²) in [6.45, 7) is 5.70. The molecule has 0 aromatic heterocycles. The van der Waals surface area contributed by atoms with Gasteiger partial charge in [0, 0.05) is 17.3 Å². The van der Waals surface area contributed by atoms with Crippen LogP contribution in [0, 0.1) is 0 Å². The fourth-order valence-electron chi connectivity index (χ4n) is 1.10. The zero-order valence-corrected chi connectivity index (χ0v) is 8.63. The van der Waals surface area contributed by atoms with Gasteiger partial charge in [-0.2, -0.15) is 11.8 Å². The van der Waals surface area contributed by atoms with Gasteiger partial charge in [-0.05, 0) is 32.4 Å². The van der Waals surface area contributed by atoms with Gasteiger partial charge in [0.05, 0.1) is 0 Å². The van der Waals surface area contributed by atoms with Gasteiger partial charge in [-0.3, -0.25) is 0 Å². The summed E-state index contributed by atoms with van der Waals surface area (Å²) in [6, 6.07) is 0.694. The third-order valence-corrected chi connectivity index (χ3v) is 4.04. The monoisotopic (exact) mass is 173 g/mol. The molecule has 66 valence electrons. The van der Waals surface area contributed by atoms with Crippen molar-refractivity contribution in [3.63, 3.8) is 0 Å². The van der Waals surface area contributed by atoms with Crippen LogP contribution in [0.4, 0.5) is 0 Å². The van der Waals surface area contributed by atoms with E-state index in [9.17, 15) is 0 Å². The van der Waals surface area contributed by atoms with E-state index in [0.717, 1.165) is 0 Å². The van der Waals surface area contributed by atoms with Gasteiger partial charge in [0.1, 0.15) is 0 Å². The minimum absolute atomic E-state index is 0.628. The highest BCUT2D eigenvalue weighted by atomic mass is 32.2. The van der Waals surface area contributed by atoms with Crippen LogP contribution in [0.1, 0.15) is 33.1 Å². The van der Waals surface area contributed by atoms with Crippen molar-refractivity contribution in [2.45, 2.75) is 43.9 Å². The maximum atomic E-state index is 3.57. The van der Waals surface area contributed by atoms with E-state index >= 15 is 0 Å². The molecule has 0 radical (unpaired) electrons. The predicted octanol–water partition coefficient (Wildman–Crippen LogP) is 2.27. The molecule has 0 bridgehead atoms. The van der Waals surface area contributed by atoms with Gasteiger partial charge in [0.25, 0.3) is 0 Å². The first-order chi connectivity index (χ1) is 5.22. The van der Waals surface area contributed by atoms with E-state index in [1.165, 1.54) is 25.8 Å². The van der Waals surface area contributed by atoms with Crippen molar-refractivity contribution in [3.8, 4) is 0 Å². The second-order valence-corrected chi connectivity index (χ2v) is 4.85. The summed E-state index contributed by atoms with van der Waals surface area (Å²) < 4.78 is 0.628. The van der Waals surface area contributed by atoms with E-state index in [1.54, 1.807) is 0 Å². The van der Waals surface area contributed by atoms with E-state index in [0.29, 0.717) is 10.8 Å². The lowest BCUT2D eigenvalue weighted by atomic mass is 10.2. The summed E-state index contributed by atoms with van der Waals surface area (Å²) in [5.74, 6) is 0. The summed E-state index contributed by atoms with van der Waals surface area (Å²) in [5.41, 5.74) is 0. The lowest BCUT2D eigenvalue weighted by molar-refractivity contribution is 0.527. The first kappa shape index (κ1) is 9.40. The van der Waals surface area contributed by atoms with E-state index in [2.05, 4.69) is 25.4 Å². The van der Waals surface area contributed by atoms with Gasteiger partial charge >= 0.3 is 0 Å². The van der Waals surface area contributed by atoms with Gasteiger partial charge < -0.3 is 5.32 Å². The van der Waals surface area contributed by atoms with Crippen LogP contribution in [0.15, 0.2) is 0 Å². The minimum Gasteiger partial charge on any atom is -0.313 e. The molecule has 0 aliphatic heterocycles. The van der Waals surface area contributed by atoms with Crippen LogP contribution >= 0.6 is 11.8 Å². The fraction of sp³-hybridized carbons (Fsp3) is 1.00. The van der Waals surface area contributed by atoms with Gasteiger partial charge in [-0.1, -0.05) is 6.92 Å². The van der Waals surface area contributed by atoms with Crippen LogP contribution in [-0.4, -0.2) is 23.6 Å². The van der Waals surface area contributed by atoms with Crippen molar-refractivity contribution >= 4 is 11.8 Å². The van der Waals surface area contributed by atoms with Crippen molar-refractivity contribution < 1.29 is 0 Å². The van der Waals surface area contributed by atoms with Crippen molar-refractivity contribution in [1.82, 2.24) is 5.32 Å². The number of hydrogen-bond donors (Lipinski definition) is 1. The molecule has 1 unspecified atom stereocenters. The molecule has 0 heterocycles. The molecule has 11 heavy (non-hydrogen) atoms. The van der Waals surface area contributed by atoms with Gasteiger partial charge in [-0.15, -0.1) is 0 Å². The molecule has 1 aliphatic carbocycles. The third-order valence-electron chi connectivity index (χ3n) is 2.63. The largest absolute Gasteiger partial charge is 0.313 e. The molecular formula is C9H19NS. The Morgan fingerprint density at radius 3 is 2.55 bits per heavy atom. The molecule has 1 fully saturated rings. The van der Waals surface area contributed by atoms with E-state index in [-0.39, 0.29) is 0 Å². The fourth-order valence-corrected chi connectivity index (χ4v) is 1.84. The zero-order valence-electron chi connectivity index (χ0n) is 7.81. The molecule has 1 nitrogen and oxygen atoms in total. The molecule has 0 saturated heterocycles. The van der Waals surface area contributed by atoms with Crippen molar-refractivity contribution in [2.24, 2.45) is 0 Å². The Hall–Kier alpha value is 0.310. The summed E-state index contributed by atoms with van der Waals surface area (Å²) in [6.07, 6.45) is 6.30. The SMILES string of the molecule is CCC(C)NCC1(SC)CC1. The van der Waals surface area contributed by atoms with E-state index in [4.69, 9.17) is 0 Å². The Morgan fingerprint density at radius 2 is 2.18 bits per heavy atom. The third kappa shape index (κ3) is 2.68. The number of hydrogen-bond acceptors (Lipinski definition) is 2. The Kier molecular flexibility index (Phi) is 3.26. The lowest BCUT2D eigenvalue weighted by Crippen LogP contribution is -2.32. The number of thioether (sulfide) groups is 1. The molecule has 0 aromatic rings. The highest BCUT2D eigenvalue weighted by Crippen LogP contribution is 2.46. The minimum atomic E-state index is 0.628. The number of nitrogens with one attached hydrogen (secondary N) is 1. The average molecular weight is 173 g/mol. The molecule has 1 aliphatic rings. The first-order valence-electron chi connectivity index (χ1n) is 4.51. The average Bonchev–Trinajstić information content (AvgIpc) is 2.81. The summed E-state index contributed by atoms with van der Waals surface area (Å²) in [7, 11) is 0. The van der Waals surface area contributed by atoms with Gasteiger partial charge in [0.2, 0.25) is 0 Å². The highest BCUT2D eigenvalue weighted by molar-refractivity contribution is 8.00. The Morgan fingerprint density at radius 1 is 1.55 bits per heavy atom. The molecule has 0 aromatic carbocycles. The van der Waals surface area contributed by atoms with Gasteiger partial charge in [-0.25, -0.2) is 0 Å². The quantitative estimate of drug-likeness (QED) is 0.684. The predicted molar refractivity (Wildman–Crippen MR) is 53.2 cm³/mol. The first-order valence-corrected chi connectivity index (χ1v) is 5.73. The molecule has 1 saturated carbocycles. The molecule has 1 atom stereocenters. The highest BCUT2D eigenvalue weighted by Gasteiger charge is 2.41. The van der Waals surface area contributed by atoms with Crippen LogP contribution < -0.4 is 5.32 Å². The van der Waals surface area contributed by atoms with Crippen LogP contribution in [0.3, 0.4) is 0 Å². The Balaban J connectivity index is 2.11. The molecule has 2 heteroatoms. The van der Waals surface area contributed by atoms with Crippen LogP contribution in [0.2, 0.25) is 0 Å². The van der Waals surface area contributed by atoms with E-state index < -0.39 is 0 Å². The summed E-state index contributed by atoms with van der Waals surface area (Å²) in [4.78, 5) is 0. The maximum absolute atomic E-state index is 3.57. The van der Waals surface area contributed by atoms with Crippen molar-refractivity contribution in [3.05, 3.63) is 0 Å². The lowest BCUT2D eigenvalue weighted by Gasteiger charge is -2.16. The molecule has 0 spiro atoms. The summed E-state index contributed by atoms with van der Waals surface area (Å²) in [5, 5.41) is 3.57. The normalized spacial score (nSPS) is 23.2.